The molecule has 2 fully saturated rings. The molecule has 0 radical (unpaired) electrons. The third kappa shape index (κ3) is 4.85. The summed E-state index contributed by atoms with van der Waals surface area (Å²) in [6.07, 6.45) is 2.12. The molecule has 136 valence electrons. The number of hydrogen-bond donors (Lipinski definition) is 2. The van der Waals surface area contributed by atoms with Gasteiger partial charge in [-0.25, -0.2) is 0 Å². The summed E-state index contributed by atoms with van der Waals surface area (Å²) in [5.74, 6) is 0.191. The molecule has 0 unspecified atom stereocenters. The maximum absolute atomic E-state index is 12.1. The maximum atomic E-state index is 12.1. The molecule has 0 bridgehead atoms. The number of hydrogen-bond acceptors (Lipinski definition) is 5. The van der Waals surface area contributed by atoms with Crippen molar-refractivity contribution in [2.75, 3.05) is 57.3 Å². The second-order valence-corrected chi connectivity index (χ2v) is 6.64. The fourth-order valence-electron chi connectivity index (χ4n) is 3.34. The number of amides is 2. The number of aromatic hydroxyl groups is 1. The number of phenols is 1. The number of carbonyl (C=O) groups excluding carboxylic acids is 2. The quantitative estimate of drug-likeness (QED) is 0.800. The monoisotopic (exact) mass is 346 g/mol. The Morgan fingerprint density at radius 3 is 2.24 bits per heavy atom. The summed E-state index contributed by atoms with van der Waals surface area (Å²) >= 11 is 0. The molecule has 0 aliphatic carbocycles. The lowest BCUT2D eigenvalue weighted by atomic mass is 10.2. The number of nitrogens with zero attached hydrogens (tertiary/aromatic N) is 3. The van der Waals surface area contributed by atoms with E-state index in [4.69, 9.17) is 0 Å². The number of nitrogens with one attached hydrogen (secondary N) is 1. The average Bonchev–Trinajstić information content (AvgIpc) is 3.16. The molecule has 2 N–H and O–H groups in total. The fourth-order valence-corrected chi connectivity index (χ4v) is 3.34. The first-order valence-electron chi connectivity index (χ1n) is 8.92. The molecular weight excluding hydrogens is 320 g/mol. The van der Waals surface area contributed by atoms with Gasteiger partial charge in [0.15, 0.2) is 0 Å². The molecule has 0 aromatic heterocycles. The minimum Gasteiger partial charge on any atom is -0.508 e. The number of carbonyl (C=O) groups is 2. The Morgan fingerprint density at radius 2 is 1.60 bits per heavy atom. The number of piperazine rings is 1. The minimum absolute atomic E-state index is 0.0167. The van der Waals surface area contributed by atoms with Crippen LogP contribution in [0, 0.1) is 0 Å². The number of rotatable bonds is 5. The maximum Gasteiger partial charge on any atom is 0.241 e. The number of anilines is 1. The smallest absolute Gasteiger partial charge is 0.241 e. The molecule has 3 rings (SSSR count). The van der Waals surface area contributed by atoms with Gasteiger partial charge >= 0.3 is 0 Å². The molecule has 2 aliphatic heterocycles. The van der Waals surface area contributed by atoms with Gasteiger partial charge in [0.25, 0.3) is 0 Å². The molecule has 2 amide bonds. The normalized spacial score (nSPS) is 18.4. The Kier molecular flexibility index (Phi) is 5.75. The number of phenolic OH excluding ortho intramolecular Hbond substituents is 1. The van der Waals surface area contributed by atoms with E-state index in [0.29, 0.717) is 6.54 Å². The Hall–Kier alpha value is -2.28. The summed E-state index contributed by atoms with van der Waals surface area (Å²) < 4.78 is 0. The highest BCUT2D eigenvalue weighted by atomic mass is 16.3. The van der Waals surface area contributed by atoms with Crippen LogP contribution in [-0.2, 0) is 9.59 Å². The van der Waals surface area contributed by atoms with E-state index in [2.05, 4.69) is 15.1 Å². The van der Waals surface area contributed by atoms with E-state index in [0.717, 1.165) is 57.8 Å². The van der Waals surface area contributed by atoms with Crippen molar-refractivity contribution in [3.8, 4) is 5.75 Å². The van der Waals surface area contributed by atoms with Gasteiger partial charge in [-0.3, -0.25) is 14.5 Å². The highest BCUT2D eigenvalue weighted by Gasteiger charge is 2.21. The van der Waals surface area contributed by atoms with Crippen molar-refractivity contribution in [1.82, 2.24) is 15.1 Å². The average molecular weight is 346 g/mol. The Balaban J connectivity index is 1.37. The molecule has 0 saturated carbocycles. The second kappa shape index (κ2) is 8.20. The van der Waals surface area contributed by atoms with E-state index in [9.17, 15) is 14.7 Å². The van der Waals surface area contributed by atoms with Crippen molar-refractivity contribution >= 4 is 17.5 Å². The minimum atomic E-state index is -0.0920. The SMILES string of the molecule is O=C(CN1CCN(c2ccc(O)cc2)CC1)NCC(=O)N1CCCC1. The van der Waals surface area contributed by atoms with Crippen LogP contribution in [-0.4, -0.2) is 79.1 Å². The lowest BCUT2D eigenvalue weighted by molar-refractivity contribution is -0.132. The summed E-state index contributed by atoms with van der Waals surface area (Å²) in [5, 5.41) is 12.1. The lowest BCUT2D eigenvalue weighted by Crippen LogP contribution is -2.50. The van der Waals surface area contributed by atoms with Crippen LogP contribution < -0.4 is 10.2 Å². The molecule has 0 spiro atoms. The topological polar surface area (TPSA) is 76.1 Å². The van der Waals surface area contributed by atoms with Crippen molar-refractivity contribution < 1.29 is 14.7 Å². The summed E-state index contributed by atoms with van der Waals surface area (Å²) in [6, 6.07) is 7.18. The van der Waals surface area contributed by atoms with E-state index in [1.54, 1.807) is 12.1 Å². The zero-order valence-corrected chi connectivity index (χ0v) is 14.5. The summed E-state index contributed by atoms with van der Waals surface area (Å²) in [7, 11) is 0. The Bertz CT molecular complexity index is 591. The van der Waals surface area contributed by atoms with E-state index in [1.807, 2.05) is 17.0 Å². The molecule has 0 atom stereocenters. The molecule has 2 saturated heterocycles. The molecule has 7 heteroatoms. The summed E-state index contributed by atoms with van der Waals surface area (Å²) in [4.78, 5) is 30.2. The van der Waals surface area contributed by atoms with Crippen LogP contribution >= 0.6 is 0 Å². The molecule has 7 nitrogen and oxygen atoms in total. The van der Waals surface area contributed by atoms with E-state index >= 15 is 0 Å². The van der Waals surface area contributed by atoms with Crippen LogP contribution in [0.5, 0.6) is 5.75 Å². The van der Waals surface area contributed by atoms with Gasteiger partial charge in [0.05, 0.1) is 13.1 Å². The van der Waals surface area contributed by atoms with E-state index < -0.39 is 0 Å². The van der Waals surface area contributed by atoms with Gasteiger partial charge in [-0.1, -0.05) is 0 Å². The van der Waals surface area contributed by atoms with Gasteiger partial charge in [-0.2, -0.15) is 0 Å². The fraction of sp³-hybridized carbons (Fsp3) is 0.556. The van der Waals surface area contributed by atoms with Gasteiger partial charge in [0.2, 0.25) is 11.8 Å². The van der Waals surface area contributed by atoms with Crippen molar-refractivity contribution in [2.45, 2.75) is 12.8 Å². The molecule has 25 heavy (non-hydrogen) atoms. The van der Waals surface area contributed by atoms with Crippen LogP contribution in [0.25, 0.3) is 0 Å². The highest BCUT2D eigenvalue weighted by molar-refractivity contribution is 5.85. The first-order chi connectivity index (χ1) is 12.1. The highest BCUT2D eigenvalue weighted by Crippen LogP contribution is 2.19. The van der Waals surface area contributed by atoms with Crippen molar-refractivity contribution in [3.05, 3.63) is 24.3 Å². The first-order valence-corrected chi connectivity index (χ1v) is 8.92. The van der Waals surface area contributed by atoms with Crippen LogP contribution in [0.3, 0.4) is 0 Å². The second-order valence-electron chi connectivity index (χ2n) is 6.64. The van der Waals surface area contributed by atoms with Crippen LogP contribution in [0.15, 0.2) is 24.3 Å². The van der Waals surface area contributed by atoms with Gasteiger partial charge < -0.3 is 20.2 Å². The van der Waals surface area contributed by atoms with Gasteiger partial charge in [0, 0.05) is 45.0 Å². The Labute approximate surface area is 148 Å². The van der Waals surface area contributed by atoms with Gasteiger partial charge in [-0.05, 0) is 37.1 Å². The number of likely N-dealkylation sites (tertiary alicyclic amines) is 1. The molecular formula is C18H26N4O3. The predicted octanol–water partition coefficient (Wildman–Crippen LogP) is 0.253. The van der Waals surface area contributed by atoms with E-state index in [-0.39, 0.29) is 24.1 Å². The van der Waals surface area contributed by atoms with Crippen molar-refractivity contribution in [3.63, 3.8) is 0 Å². The largest absolute Gasteiger partial charge is 0.508 e. The third-order valence-electron chi connectivity index (χ3n) is 4.85. The molecule has 2 heterocycles. The van der Waals surface area contributed by atoms with Gasteiger partial charge in [-0.15, -0.1) is 0 Å². The van der Waals surface area contributed by atoms with Crippen molar-refractivity contribution in [2.24, 2.45) is 0 Å². The van der Waals surface area contributed by atoms with Crippen LogP contribution in [0.2, 0.25) is 0 Å². The summed E-state index contributed by atoms with van der Waals surface area (Å²) in [6.45, 7) is 5.34. The third-order valence-corrected chi connectivity index (χ3v) is 4.85. The van der Waals surface area contributed by atoms with E-state index in [1.165, 1.54) is 0 Å². The molecule has 2 aliphatic rings. The zero-order valence-electron chi connectivity index (χ0n) is 14.5. The molecule has 1 aromatic rings. The zero-order chi connectivity index (χ0) is 17.6. The predicted molar refractivity (Wildman–Crippen MR) is 95.6 cm³/mol. The standard InChI is InChI=1S/C18H26N4O3/c23-16-5-3-15(4-6-16)21-11-9-20(10-12-21)14-17(24)19-13-18(25)22-7-1-2-8-22/h3-6,23H,1-2,7-14H2,(H,19,24). The Morgan fingerprint density at radius 1 is 0.960 bits per heavy atom. The number of benzene rings is 1. The first kappa shape index (κ1) is 17.5. The molecule has 1 aromatic carbocycles. The van der Waals surface area contributed by atoms with Crippen molar-refractivity contribution in [1.29, 1.82) is 0 Å². The van der Waals surface area contributed by atoms with Crippen LogP contribution in [0.4, 0.5) is 5.69 Å². The summed E-state index contributed by atoms with van der Waals surface area (Å²) in [5.41, 5.74) is 1.08. The van der Waals surface area contributed by atoms with Crippen LogP contribution in [0.1, 0.15) is 12.8 Å². The lowest BCUT2D eigenvalue weighted by Gasteiger charge is -2.35. The van der Waals surface area contributed by atoms with Gasteiger partial charge in [0.1, 0.15) is 5.75 Å².